The molecule has 0 fully saturated rings. The molecular formula is C11H13ClN4. The van der Waals surface area contributed by atoms with Gasteiger partial charge in [0.25, 0.3) is 0 Å². The lowest BCUT2D eigenvalue weighted by molar-refractivity contribution is 0.721. The summed E-state index contributed by atoms with van der Waals surface area (Å²) >= 11 is 6.62. The molecule has 2 rings (SSSR count). The van der Waals surface area contributed by atoms with E-state index in [2.05, 4.69) is 15.0 Å². The largest absolute Gasteiger partial charge is 0.291 e. The molecule has 0 amide bonds. The van der Waals surface area contributed by atoms with Gasteiger partial charge in [-0.3, -0.25) is 20.7 Å². The maximum atomic E-state index is 6.62. The van der Waals surface area contributed by atoms with Gasteiger partial charge in [0.1, 0.15) is 4.87 Å². The summed E-state index contributed by atoms with van der Waals surface area (Å²) in [7, 11) is 0. The van der Waals surface area contributed by atoms with Crippen LogP contribution in [0.5, 0.6) is 0 Å². The monoisotopic (exact) mass is 236 g/mol. The van der Waals surface area contributed by atoms with Crippen LogP contribution in [0.3, 0.4) is 0 Å². The average molecular weight is 237 g/mol. The van der Waals surface area contributed by atoms with Gasteiger partial charge < -0.3 is 0 Å². The average Bonchev–Trinajstić information content (AvgIpc) is 2.27. The minimum atomic E-state index is -0.779. The van der Waals surface area contributed by atoms with Crippen molar-refractivity contribution in [2.75, 3.05) is 0 Å². The molecular weight excluding hydrogens is 224 g/mol. The number of nitrogens with two attached hydrogens (primary N) is 1. The molecule has 1 aliphatic heterocycles. The third-order valence-electron chi connectivity index (χ3n) is 2.73. The number of aliphatic imine (C=N–C) groups is 2. The van der Waals surface area contributed by atoms with Crippen molar-refractivity contribution in [2.24, 2.45) is 15.7 Å². The molecule has 1 aromatic rings. The van der Waals surface area contributed by atoms with Crippen molar-refractivity contribution in [2.45, 2.75) is 25.0 Å². The van der Waals surface area contributed by atoms with E-state index in [9.17, 15) is 0 Å². The molecule has 1 aliphatic rings. The van der Waals surface area contributed by atoms with Crippen LogP contribution >= 0.6 is 11.6 Å². The zero-order valence-corrected chi connectivity index (χ0v) is 9.94. The van der Waals surface area contributed by atoms with Crippen LogP contribution in [0.15, 0.2) is 34.5 Å². The van der Waals surface area contributed by atoms with E-state index >= 15 is 0 Å². The number of rotatable bonds is 1. The van der Waals surface area contributed by atoms with Gasteiger partial charge in [-0.15, -0.1) is 11.6 Å². The lowest BCUT2D eigenvalue weighted by Gasteiger charge is -2.31. The van der Waals surface area contributed by atoms with Gasteiger partial charge in [0.05, 0.1) is 0 Å². The number of halogens is 1. The molecule has 0 saturated heterocycles. The summed E-state index contributed by atoms with van der Waals surface area (Å²) in [5.41, 5.74) is 8.11. The molecule has 16 heavy (non-hydrogen) atoms. The SMILES string of the molecule is CC1=NC(N)N=C(C)C1(Cl)c1ccncc1. The van der Waals surface area contributed by atoms with E-state index in [0.29, 0.717) is 0 Å². The smallest absolute Gasteiger partial charge is 0.191 e. The molecule has 0 aliphatic carbocycles. The van der Waals surface area contributed by atoms with Gasteiger partial charge in [-0.1, -0.05) is 0 Å². The normalized spacial score (nSPS) is 29.6. The summed E-state index contributed by atoms with van der Waals surface area (Å²) in [6.45, 7) is 3.73. The topological polar surface area (TPSA) is 63.6 Å². The van der Waals surface area contributed by atoms with E-state index in [4.69, 9.17) is 17.3 Å². The van der Waals surface area contributed by atoms with Crippen LogP contribution in [0.1, 0.15) is 19.4 Å². The minimum absolute atomic E-state index is 0.534. The Kier molecular flexibility index (Phi) is 2.78. The Morgan fingerprint density at radius 3 is 2.19 bits per heavy atom. The highest BCUT2D eigenvalue weighted by atomic mass is 35.5. The second kappa shape index (κ2) is 3.96. The van der Waals surface area contributed by atoms with Gasteiger partial charge in [0.15, 0.2) is 6.29 Å². The first kappa shape index (κ1) is 11.2. The molecule has 0 saturated carbocycles. The van der Waals surface area contributed by atoms with Crippen molar-refractivity contribution in [3.63, 3.8) is 0 Å². The van der Waals surface area contributed by atoms with Crippen molar-refractivity contribution < 1.29 is 0 Å². The molecule has 0 radical (unpaired) electrons. The third kappa shape index (κ3) is 1.64. The van der Waals surface area contributed by atoms with Crippen molar-refractivity contribution in [1.82, 2.24) is 4.98 Å². The summed E-state index contributed by atoms with van der Waals surface area (Å²) in [5.74, 6) is 0. The second-order valence-electron chi connectivity index (χ2n) is 3.74. The second-order valence-corrected chi connectivity index (χ2v) is 4.30. The van der Waals surface area contributed by atoms with Gasteiger partial charge in [0.2, 0.25) is 0 Å². The first-order valence-corrected chi connectivity index (χ1v) is 5.37. The van der Waals surface area contributed by atoms with Crippen molar-refractivity contribution in [1.29, 1.82) is 0 Å². The molecule has 4 nitrogen and oxygen atoms in total. The Morgan fingerprint density at radius 1 is 1.19 bits per heavy atom. The lowest BCUT2D eigenvalue weighted by Crippen LogP contribution is -2.41. The molecule has 5 heteroatoms. The third-order valence-corrected chi connectivity index (χ3v) is 3.49. The quantitative estimate of drug-likeness (QED) is 0.755. The number of aromatic nitrogens is 1. The van der Waals surface area contributed by atoms with Gasteiger partial charge in [0, 0.05) is 23.8 Å². The summed E-state index contributed by atoms with van der Waals surface area (Å²) in [4.78, 5) is 11.6. The maximum Gasteiger partial charge on any atom is 0.191 e. The number of nitrogens with zero attached hydrogens (tertiary/aromatic N) is 3. The predicted molar refractivity (Wildman–Crippen MR) is 66.0 cm³/mol. The molecule has 2 heterocycles. The Labute approximate surface area is 99.3 Å². The summed E-state index contributed by atoms with van der Waals surface area (Å²) < 4.78 is 0. The van der Waals surface area contributed by atoms with Crippen LogP contribution < -0.4 is 5.73 Å². The minimum Gasteiger partial charge on any atom is -0.291 e. The summed E-state index contributed by atoms with van der Waals surface area (Å²) in [6.07, 6.45) is 2.87. The van der Waals surface area contributed by atoms with E-state index in [1.54, 1.807) is 12.4 Å². The Bertz CT molecular complexity index is 432. The summed E-state index contributed by atoms with van der Waals surface area (Å²) in [5, 5.41) is 0. The molecule has 0 unspecified atom stereocenters. The highest BCUT2D eigenvalue weighted by Gasteiger charge is 2.39. The van der Waals surface area contributed by atoms with E-state index < -0.39 is 11.2 Å². The fourth-order valence-corrected chi connectivity index (χ4v) is 2.09. The highest BCUT2D eigenvalue weighted by molar-refractivity contribution is 6.47. The molecule has 0 bridgehead atoms. The lowest BCUT2D eigenvalue weighted by atomic mass is 9.89. The van der Waals surface area contributed by atoms with Crippen molar-refractivity contribution in [3.8, 4) is 0 Å². The van der Waals surface area contributed by atoms with Gasteiger partial charge in [-0.05, 0) is 31.5 Å². The molecule has 2 N–H and O–H groups in total. The van der Waals surface area contributed by atoms with E-state index in [1.165, 1.54) is 0 Å². The standard InChI is InChI=1S/C11H13ClN4/c1-7-11(12,8(2)16-10(13)15-7)9-3-5-14-6-4-9/h3-6,10H,13H2,1-2H3. The fourth-order valence-electron chi connectivity index (χ4n) is 1.86. The van der Waals surface area contributed by atoms with Gasteiger partial charge >= 0.3 is 0 Å². The van der Waals surface area contributed by atoms with E-state index in [-0.39, 0.29) is 0 Å². The predicted octanol–water partition coefficient (Wildman–Crippen LogP) is 1.69. The van der Waals surface area contributed by atoms with Crippen LogP contribution in [-0.2, 0) is 4.87 Å². The van der Waals surface area contributed by atoms with Crippen molar-refractivity contribution in [3.05, 3.63) is 30.1 Å². The van der Waals surface area contributed by atoms with E-state index in [1.807, 2.05) is 26.0 Å². The zero-order chi connectivity index (χ0) is 11.8. The molecule has 84 valence electrons. The number of pyridine rings is 1. The Balaban J connectivity index is 2.53. The summed E-state index contributed by atoms with van der Waals surface area (Å²) in [6, 6.07) is 3.73. The highest BCUT2D eigenvalue weighted by Crippen LogP contribution is 2.34. The van der Waals surface area contributed by atoms with Gasteiger partial charge in [-0.25, -0.2) is 0 Å². The number of hydrogen-bond donors (Lipinski definition) is 1. The molecule has 0 spiro atoms. The van der Waals surface area contributed by atoms with Crippen LogP contribution in [0.25, 0.3) is 0 Å². The Morgan fingerprint density at radius 2 is 1.69 bits per heavy atom. The zero-order valence-electron chi connectivity index (χ0n) is 9.18. The first-order valence-electron chi connectivity index (χ1n) is 5.00. The van der Waals surface area contributed by atoms with Crippen LogP contribution in [0.2, 0.25) is 0 Å². The van der Waals surface area contributed by atoms with Crippen LogP contribution in [0, 0.1) is 0 Å². The van der Waals surface area contributed by atoms with Crippen molar-refractivity contribution >= 4 is 23.0 Å². The van der Waals surface area contributed by atoms with E-state index in [0.717, 1.165) is 17.0 Å². The molecule has 0 atom stereocenters. The Hall–Kier alpha value is -1.26. The fraction of sp³-hybridized carbons (Fsp3) is 0.364. The molecule has 0 aromatic carbocycles. The van der Waals surface area contributed by atoms with Gasteiger partial charge in [-0.2, -0.15) is 0 Å². The number of hydrogen-bond acceptors (Lipinski definition) is 4. The van der Waals surface area contributed by atoms with Crippen LogP contribution in [0.4, 0.5) is 0 Å². The van der Waals surface area contributed by atoms with Crippen LogP contribution in [-0.4, -0.2) is 22.7 Å². The maximum absolute atomic E-state index is 6.62. The first-order chi connectivity index (χ1) is 7.55. The number of alkyl halides is 1. The molecule has 1 aromatic heterocycles.